The lowest BCUT2D eigenvalue weighted by Crippen LogP contribution is -2.28. The molecular weight excluding hydrogens is 448 g/mol. The molecule has 5 rings (SSSR count). The lowest BCUT2D eigenvalue weighted by molar-refractivity contribution is 0.0523. The van der Waals surface area contributed by atoms with Gasteiger partial charge in [-0.05, 0) is 49.3 Å². The second-order valence-corrected chi connectivity index (χ2v) is 10.4. The van der Waals surface area contributed by atoms with Crippen LogP contribution in [0.4, 0.5) is 0 Å². The number of carbonyl (C=O) groups is 1. The van der Waals surface area contributed by atoms with Gasteiger partial charge in [0.15, 0.2) is 5.43 Å². The molecule has 6 nitrogen and oxygen atoms in total. The summed E-state index contributed by atoms with van der Waals surface area (Å²) in [6, 6.07) is 5.94. The van der Waals surface area contributed by atoms with Gasteiger partial charge in [-0.3, -0.25) is 4.79 Å². The van der Waals surface area contributed by atoms with Crippen molar-refractivity contribution in [2.75, 3.05) is 13.2 Å². The summed E-state index contributed by atoms with van der Waals surface area (Å²) in [6.07, 6.45) is 7.98. The summed E-state index contributed by atoms with van der Waals surface area (Å²) in [4.78, 5) is 29.9. The van der Waals surface area contributed by atoms with Crippen LogP contribution in [0.25, 0.3) is 21.8 Å². The highest BCUT2D eigenvalue weighted by Crippen LogP contribution is 2.43. The van der Waals surface area contributed by atoms with E-state index in [0.717, 1.165) is 51.9 Å². The summed E-state index contributed by atoms with van der Waals surface area (Å²) >= 11 is 1.57. The normalized spacial score (nSPS) is 16.8. The first-order valence-electron chi connectivity index (χ1n) is 12.1. The van der Waals surface area contributed by atoms with Crippen molar-refractivity contribution in [3.05, 3.63) is 57.3 Å². The standard InChI is InChI=1S/C27H30N2O4S/c1-4-32-27(31)21-15-29-22(16(2)3)11-18-12-25(33-9-7-17-5-6-17)20(26-28-8-10-34-26)13-19(18)23(29)14-24(21)30/h8,10,12-17,22H,4-7,9,11H2,1-3H3. The van der Waals surface area contributed by atoms with E-state index in [4.69, 9.17) is 9.47 Å². The number of thiazole rings is 1. The number of pyridine rings is 1. The fraction of sp³-hybridized carbons (Fsp3) is 0.444. The summed E-state index contributed by atoms with van der Waals surface area (Å²) in [6.45, 7) is 7.01. The van der Waals surface area contributed by atoms with E-state index in [1.54, 1.807) is 36.7 Å². The molecule has 1 atom stereocenters. The Balaban J connectivity index is 1.63. The zero-order valence-electron chi connectivity index (χ0n) is 19.9. The Kier molecular flexibility index (Phi) is 6.30. The van der Waals surface area contributed by atoms with Gasteiger partial charge in [-0.15, -0.1) is 11.3 Å². The van der Waals surface area contributed by atoms with Crippen molar-refractivity contribution < 1.29 is 14.3 Å². The Morgan fingerprint density at radius 3 is 2.74 bits per heavy atom. The molecule has 1 aliphatic carbocycles. The van der Waals surface area contributed by atoms with Crippen LogP contribution in [0.3, 0.4) is 0 Å². The number of ether oxygens (including phenoxy) is 2. The molecule has 2 aromatic heterocycles. The topological polar surface area (TPSA) is 70.4 Å². The first-order valence-corrected chi connectivity index (χ1v) is 13.0. The second kappa shape index (κ2) is 9.37. The maximum absolute atomic E-state index is 12.9. The van der Waals surface area contributed by atoms with Crippen LogP contribution in [0.2, 0.25) is 0 Å². The summed E-state index contributed by atoms with van der Waals surface area (Å²) in [5, 5.41) is 2.86. The van der Waals surface area contributed by atoms with Gasteiger partial charge in [0, 0.05) is 35.4 Å². The monoisotopic (exact) mass is 478 g/mol. The highest BCUT2D eigenvalue weighted by atomic mass is 32.1. The molecule has 3 heterocycles. The van der Waals surface area contributed by atoms with E-state index < -0.39 is 5.97 Å². The maximum Gasteiger partial charge on any atom is 0.343 e. The third-order valence-electron chi connectivity index (χ3n) is 6.76. The van der Waals surface area contributed by atoms with Crippen molar-refractivity contribution in [3.63, 3.8) is 0 Å². The average Bonchev–Trinajstić information content (AvgIpc) is 3.47. The van der Waals surface area contributed by atoms with Crippen LogP contribution in [0.15, 0.2) is 40.8 Å². The van der Waals surface area contributed by atoms with Crippen LogP contribution < -0.4 is 10.2 Å². The number of nitrogens with zero attached hydrogens (tertiary/aromatic N) is 2. The van der Waals surface area contributed by atoms with Crippen molar-refractivity contribution in [3.8, 4) is 27.6 Å². The Morgan fingerprint density at radius 2 is 2.06 bits per heavy atom. The molecule has 7 heteroatoms. The molecule has 0 amide bonds. The first-order chi connectivity index (χ1) is 16.5. The fourth-order valence-electron chi connectivity index (χ4n) is 4.70. The van der Waals surface area contributed by atoms with Gasteiger partial charge in [-0.25, -0.2) is 9.78 Å². The van der Waals surface area contributed by atoms with Gasteiger partial charge in [0.25, 0.3) is 0 Å². The predicted molar refractivity (Wildman–Crippen MR) is 134 cm³/mol. The largest absolute Gasteiger partial charge is 0.493 e. The summed E-state index contributed by atoms with van der Waals surface area (Å²) in [5.41, 5.74) is 3.68. The summed E-state index contributed by atoms with van der Waals surface area (Å²) < 4.78 is 13.5. The Labute approximate surface area is 203 Å². The van der Waals surface area contributed by atoms with Crippen LogP contribution in [0, 0.1) is 11.8 Å². The number of fused-ring (bicyclic) bond motifs is 3. The van der Waals surface area contributed by atoms with Crippen LogP contribution in [-0.2, 0) is 11.2 Å². The van der Waals surface area contributed by atoms with Crippen molar-refractivity contribution in [2.45, 2.75) is 52.5 Å². The molecule has 0 N–H and O–H groups in total. The molecule has 1 aliphatic heterocycles. The van der Waals surface area contributed by atoms with Crippen LogP contribution in [-0.4, -0.2) is 28.7 Å². The van der Waals surface area contributed by atoms with Gasteiger partial charge in [-0.2, -0.15) is 0 Å². The molecule has 1 aromatic carbocycles. The molecule has 0 saturated heterocycles. The van der Waals surface area contributed by atoms with Gasteiger partial charge in [-0.1, -0.05) is 26.7 Å². The molecule has 0 spiro atoms. The highest BCUT2D eigenvalue weighted by Gasteiger charge is 2.30. The van der Waals surface area contributed by atoms with E-state index in [-0.39, 0.29) is 23.6 Å². The lowest BCUT2D eigenvalue weighted by atomic mass is 9.86. The van der Waals surface area contributed by atoms with Crippen molar-refractivity contribution in [1.29, 1.82) is 0 Å². The zero-order valence-corrected chi connectivity index (χ0v) is 20.7. The Morgan fingerprint density at radius 1 is 1.24 bits per heavy atom. The maximum atomic E-state index is 12.9. The van der Waals surface area contributed by atoms with E-state index in [1.165, 1.54) is 12.8 Å². The van der Waals surface area contributed by atoms with Gasteiger partial charge < -0.3 is 14.0 Å². The third kappa shape index (κ3) is 4.41. The molecule has 178 valence electrons. The molecular formula is C27H30N2O4S. The van der Waals surface area contributed by atoms with Crippen LogP contribution in [0.1, 0.15) is 62.0 Å². The SMILES string of the molecule is CCOC(=O)c1cn2c(cc1=O)-c1cc(-c3nccs3)c(OCCC3CC3)cc1CC2C(C)C. The van der Waals surface area contributed by atoms with E-state index in [1.807, 2.05) is 5.38 Å². The molecule has 3 aromatic rings. The van der Waals surface area contributed by atoms with E-state index in [0.29, 0.717) is 12.5 Å². The van der Waals surface area contributed by atoms with Crippen LogP contribution in [0.5, 0.6) is 5.75 Å². The summed E-state index contributed by atoms with van der Waals surface area (Å²) in [7, 11) is 0. The molecule has 1 fully saturated rings. The minimum absolute atomic E-state index is 0.0832. The van der Waals surface area contributed by atoms with Gasteiger partial charge >= 0.3 is 5.97 Å². The third-order valence-corrected chi connectivity index (χ3v) is 7.56. The number of esters is 1. The predicted octanol–water partition coefficient (Wildman–Crippen LogP) is 5.75. The fourth-order valence-corrected chi connectivity index (χ4v) is 5.36. The van der Waals surface area contributed by atoms with Gasteiger partial charge in [0.2, 0.25) is 0 Å². The Hall–Kier alpha value is -2.93. The average molecular weight is 479 g/mol. The molecule has 34 heavy (non-hydrogen) atoms. The molecule has 2 aliphatic rings. The minimum Gasteiger partial charge on any atom is -0.493 e. The first kappa shape index (κ1) is 22.8. The zero-order chi connectivity index (χ0) is 23.8. The number of hydrogen-bond acceptors (Lipinski definition) is 6. The van der Waals surface area contributed by atoms with Crippen molar-refractivity contribution in [2.24, 2.45) is 11.8 Å². The van der Waals surface area contributed by atoms with E-state index in [9.17, 15) is 9.59 Å². The minimum atomic E-state index is -0.570. The molecule has 1 unspecified atom stereocenters. The smallest absolute Gasteiger partial charge is 0.343 e. The number of carbonyl (C=O) groups excluding carboxylic acids is 1. The number of benzene rings is 1. The molecule has 1 saturated carbocycles. The van der Waals surface area contributed by atoms with Crippen LogP contribution >= 0.6 is 11.3 Å². The molecule has 0 bridgehead atoms. The van der Waals surface area contributed by atoms with E-state index in [2.05, 4.69) is 35.5 Å². The second-order valence-electron chi connectivity index (χ2n) is 9.50. The number of rotatable bonds is 8. The van der Waals surface area contributed by atoms with E-state index >= 15 is 0 Å². The van der Waals surface area contributed by atoms with Crippen molar-refractivity contribution in [1.82, 2.24) is 9.55 Å². The summed E-state index contributed by atoms with van der Waals surface area (Å²) in [5.74, 6) is 1.40. The highest BCUT2D eigenvalue weighted by molar-refractivity contribution is 7.13. The molecule has 0 radical (unpaired) electrons. The number of hydrogen-bond donors (Lipinski definition) is 0. The number of aromatic nitrogens is 2. The lowest BCUT2D eigenvalue weighted by Gasteiger charge is -2.34. The quantitative estimate of drug-likeness (QED) is 0.386. The van der Waals surface area contributed by atoms with Gasteiger partial charge in [0.1, 0.15) is 16.3 Å². The van der Waals surface area contributed by atoms with Gasteiger partial charge in [0.05, 0.1) is 24.5 Å². The Bertz CT molecular complexity index is 1260. The van der Waals surface area contributed by atoms with Crippen molar-refractivity contribution >= 4 is 17.3 Å².